The van der Waals surface area contributed by atoms with Gasteiger partial charge in [-0.05, 0) is 66.4 Å². The first-order valence-corrected chi connectivity index (χ1v) is 10.4. The Hall–Kier alpha value is -2.05. The van der Waals surface area contributed by atoms with Gasteiger partial charge in [0.2, 0.25) is 5.91 Å². The van der Waals surface area contributed by atoms with E-state index in [1.807, 2.05) is 12.1 Å². The predicted octanol–water partition coefficient (Wildman–Crippen LogP) is 3.49. The number of ether oxygens (including phenoxy) is 1. The summed E-state index contributed by atoms with van der Waals surface area (Å²) in [7, 11) is 1.70. The van der Waals surface area contributed by atoms with Crippen molar-refractivity contribution in [3.63, 3.8) is 0 Å². The van der Waals surface area contributed by atoms with E-state index in [-0.39, 0.29) is 11.9 Å². The Kier molecular flexibility index (Phi) is 6.74. The number of hydrogen-bond acceptors (Lipinski definition) is 5. The van der Waals surface area contributed by atoms with Gasteiger partial charge in [0.15, 0.2) is 0 Å². The van der Waals surface area contributed by atoms with Crippen LogP contribution < -0.4 is 15.4 Å². The lowest BCUT2D eigenvalue weighted by molar-refractivity contribution is -0.119. The van der Waals surface area contributed by atoms with Crippen molar-refractivity contribution in [1.82, 2.24) is 4.90 Å². The highest BCUT2D eigenvalue weighted by molar-refractivity contribution is 7.07. The number of nitrogens with two attached hydrogens (primary N) is 1. The van der Waals surface area contributed by atoms with Crippen LogP contribution >= 0.6 is 11.3 Å². The lowest BCUT2D eigenvalue weighted by atomic mass is 9.99. The quantitative estimate of drug-likeness (QED) is 0.753. The largest absolute Gasteiger partial charge is 0.497 e. The van der Waals surface area contributed by atoms with E-state index in [0.29, 0.717) is 12.5 Å². The molecule has 0 aliphatic carbocycles. The van der Waals surface area contributed by atoms with Gasteiger partial charge >= 0.3 is 0 Å². The van der Waals surface area contributed by atoms with E-state index in [1.54, 1.807) is 18.4 Å². The molecule has 6 heteroatoms. The minimum absolute atomic E-state index is 0.217. The number of likely N-dealkylation sites (tertiary alicyclic amines) is 1. The van der Waals surface area contributed by atoms with E-state index in [0.717, 1.165) is 38.2 Å². The van der Waals surface area contributed by atoms with Crippen LogP contribution in [0.25, 0.3) is 0 Å². The fraction of sp³-hybridized carbons (Fsp3) is 0.476. The second-order valence-corrected chi connectivity index (χ2v) is 8.02. The Bertz CT molecular complexity index is 710. The Labute approximate surface area is 165 Å². The van der Waals surface area contributed by atoms with Crippen LogP contribution in [0, 0.1) is 0 Å². The summed E-state index contributed by atoms with van der Waals surface area (Å²) >= 11 is 1.74. The predicted molar refractivity (Wildman–Crippen MR) is 111 cm³/mol. The number of rotatable bonds is 8. The Morgan fingerprint density at radius 1 is 1.30 bits per heavy atom. The molecule has 1 aromatic heterocycles. The summed E-state index contributed by atoms with van der Waals surface area (Å²) in [4.78, 5) is 16.1. The number of amides is 1. The van der Waals surface area contributed by atoms with Gasteiger partial charge in [-0.25, -0.2) is 0 Å². The van der Waals surface area contributed by atoms with Gasteiger partial charge in [0, 0.05) is 43.8 Å². The van der Waals surface area contributed by atoms with Crippen molar-refractivity contribution in [3.8, 4) is 5.75 Å². The second kappa shape index (κ2) is 9.24. The number of methoxy groups -OCH3 is 1. The first-order valence-electron chi connectivity index (χ1n) is 9.51. The zero-order valence-corrected chi connectivity index (χ0v) is 17.0. The van der Waals surface area contributed by atoms with Crippen LogP contribution in [0.1, 0.15) is 31.7 Å². The van der Waals surface area contributed by atoms with Gasteiger partial charge in [-0.15, -0.1) is 0 Å². The number of carbonyl (C=O) groups excluding carboxylic acids is 1. The van der Waals surface area contributed by atoms with E-state index in [4.69, 9.17) is 10.5 Å². The van der Waals surface area contributed by atoms with Crippen LogP contribution in [-0.2, 0) is 11.3 Å². The van der Waals surface area contributed by atoms with Crippen molar-refractivity contribution >= 4 is 22.9 Å². The van der Waals surface area contributed by atoms with Crippen molar-refractivity contribution in [2.24, 2.45) is 5.73 Å². The SMILES string of the molecule is COc1ccc(N(Cc2ccsc2)C2CCN(C(C)CC(N)=O)CC2)cc1. The fourth-order valence-corrected chi connectivity index (χ4v) is 4.50. The molecule has 1 unspecified atom stereocenters. The summed E-state index contributed by atoms with van der Waals surface area (Å²) in [6, 6.07) is 11.2. The van der Waals surface area contributed by atoms with Crippen LogP contribution in [0.4, 0.5) is 5.69 Å². The van der Waals surface area contributed by atoms with Crippen LogP contribution in [0.5, 0.6) is 5.75 Å². The first-order chi connectivity index (χ1) is 13.1. The molecule has 0 spiro atoms. The topological polar surface area (TPSA) is 58.8 Å². The zero-order valence-electron chi connectivity index (χ0n) is 16.1. The molecule has 0 radical (unpaired) electrons. The van der Waals surface area contributed by atoms with E-state index < -0.39 is 0 Å². The van der Waals surface area contributed by atoms with E-state index in [9.17, 15) is 4.79 Å². The Balaban J connectivity index is 1.70. The molecule has 146 valence electrons. The summed E-state index contributed by atoms with van der Waals surface area (Å²) in [5, 5.41) is 4.36. The number of nitrogens with zero attached hydrogens (tertiary/aromatic N) is 2. The normalized spacial score (nSPS) is 16.8. The molecule has 27 heavy (non-hydrogen) atoms. The molecule has 2 aromatic rings. The molecule has 0 bridgehead atoms. The average Bonchev–Trinajstić information content (AvgIpc) is 3.19. The zero-order chi connectivity index (χ0) is 19.2. The smallest absolute Gasteiger partial charge is 0.218 e. The summed E-state index contributed by atoms with van der Waals surface area (Å²) in [5.41, 5.74) is 7.94. The lowest BCUT2D eigenvalue weighted by Gasteiger charge is -2.41. The molecule has 1 aromatic carbocycles. The number of anilines is 1. The average molecular weight is 388 g/mol. The highest BCUT2D eigenvalue weighted by atomic mass is 32.1. The standard InChI is InChI=1S/C21H29N3O2S/c1-16(13-21(22)25)23-10-7-19(8-11-23)24(14-17-9-12-27-15-17)18-3-5-20(26-2)6-4-18/h3-6,9,12,15-16,19H,7-8,10-11,13-14H2,1-2H3,(H2,22,25). The second-order valence-electron chi connectivity index (χ2n) is 7.24. The Morgan fingerprint density at radius 2 is 2.00 bits per heavy atom. The van der Waals surface area contributed by atoms with E-state index >= 15 is 0 Å². The summed E-state index contributed by atoms with van der Waals surface area (Å²) in [6.45, 7) is 5.00. The van der Waals surface area contributed by atoms with Crippen LogP contribution in [0.15, 0.2) is 41.1 Å². The van der Waals surface area contributed by atoms with Crippen molar-refractivity contribution in [1.29, 1.82) is 0 Å². The van der Waals surface area contributed by atoms with Crippen molar-refractivity contribution < 1.29 is 9.53 Å². The van der Waals surface area contributed by atoms with Crippen molar-refractivity contribution in [3.05, 3.63) is 46.7 Å². The number of piperidine rings is 1. The number of primary amides is 1. The molecule has 1 saturated heterocycles. The molecule has 3 rings (SSSR count). The van der Waals surface area contributed by atoms with Gasteiger partial charge < -0.3 is 15.4 Å². The third kappa shape index (κ3) is 5.23. The maximum Gasteiger partial charge on any atom is 0.218 e. The lowest BCUT2D eigenvalue weighted by Crippen LogP contribution is -2.48. The number of benzene rings is 1. The van der Waals surface area contributed by atoms with Gasteiger partial charge in [0.05, 0.1) is 7.11 Å². The molecule has 2 N–H and O–H groups in total. The molecule has 2 heterocycles. The molecular formula is C21H29N3O2S. The van der Waals surface area contributed by atoms with Crippen LogP contribution in [0.3, 0.4) is 0 Å². The highest BCUT2D eigenvalue weighted by Gasteiger charge is 2.27. The van der Waals surface area contributed by atoms with Crippen molar-refractivity contribution in [2.75, 3.05) is 25.1 Å². The molecule has 5 nitrogen and oxygen atoms in total. The summed E-state index contributed by atoms with van der Waals surface area (Å²) < 4.78 is 5.31. The molecule has 1 aliphatic rings. The van der Waals surface area contributed by atoms with E-state index in [1.165, 1.54) is 11.3 Å². The fourth-order valence-electron chi connectivity index (χ4n) is 3.84. The monoisotopic (exact) mass is 387 g/mol. The number of hydrogen-bond donors (Lipinski definition) is 1. The van der Waals surface area contributed by atoms with Gasteiger partial charge in [-0.1, -0.05) is 0 Å². The minimum atomic E-state index is -0.220. The molecule has 1 fully saturated rings. The number of thiophene rings is 1. The van der Waals surface area contributed by atoms with E-state index in [2.05, 4.69) is 45.7 Å². The van der Waals surface area contributed by atoms with Gasteiger partial charge in [-0.3, -0.25) is 9.69 Å². The third-order valence-corrected chi connectivity index (χ3v) is 6.13. The molecule has 0 saturated carbocycles. The highest BCUT2D eigenvalue weighted by Crippen LogP contribution is 2.28. The number of carbonyl (C=O) groups is 1. The first kappa shape index (κ1) is 19.7. The maximum atomic E-state index is 11.2. The molecule has 1 aliphatic heterocycles. The molecular weight excluding hydrogens is 358 g/mol. The van der Waals surface area contributed by atoms with Gasteiger partial charge in [0.25, 0.3) is 0 Å². The summed E-state index contributed by atoms with van der Waals surface area (Å²) in [5.74, 6) is 0.659. The van der Waals surface area contributed by atoms with Crippen LogP contribution in [-0.4, -0.2) is 43.1 Å². The van der Waals surface area contributed by atoms with Gasteiger partial charge in [-0.2, -0.15) is 11.3 Å². The van der Waals surface area contributed by atoms with Gasteiger partial charge in [0.1, 0.15) is 5.75 Å². The molecule has 1 amide bonds. The maximum absolute atomic E-state index is 11.2. The van der Waals surface area contributed by atoms with Crippen LogP contribution in [0.2, 0.25) is 0 Å². The minimum Gasteiger partial charge on any atom is -0.497 e. The van der Waals surface area contributed by atoms with Crippen molar-refractivity contribution in [2.45, 2.75) is 44.8 Å². The Morgan fingerprint density at radius 3 is 2.56 bits per heavy atom. The third-order valence-electron chi connectivity index (χ3n) is 5.40. The summed E-state index contributed by atoms with van der Waals surface area (Å²) in [6.07, 6.45) is 2.60. The molecule has 1 atom stereocenters.